The summed E-state index contributed by atoms with van der Waals surface area (Å²) in [5.41, 5.74) is 3.48. The summed E-state index contributed by atoms with van der Waals surface area (Å²) in [6, 6.07) is 4.99. The van der Waals surface area contributed by atoms with E-state index in [2.05, 4.69) is 15.5 Å². The van der Waals surface area contributed by atoms with Crippen LogP contribution in [0.3, 0.4) is 0 Å². The minimum atomic E-state index is -3.30. The highest BCUT2D eigenvalue weighted by atomic mass is 32.2. The van der Waals surface area contributed by atoms with Gasteiger partial charge in [-0.3, -0.25) is 14.2 Å². The number of aryl methyl sites for hydroxylation is 1. The van der Waals surface area contributed by atoms with Crippen molar-refractivity contribution in [1.82, 2.24) is 10.2 Å². The predicted molar refractivity (Wildman–Crippen MR) is 102 cm³/mol. The molecule has 0 radical (unpaired) electrons. The second-order valence-corrected chi connectivity index (χ2v) is 8.83. The van der Waals surface area contributed by atoms with E-state index in [1.807, 2.05) is 0 Å². The second kappa shape index (κ2) is 6.88. The molecule has 144 valence electrons. The fourth-order valence-electron chi connectivity index (χ4n) is 3.73. The van der Waals surface area contributed by atoms with Gasteiger partial charge in [0.1, 0.15) is 5.75 Å². The van der Waals surface area contributed by atoms with Crippen LogP contribution in [0.1, 0.15) is 41.0 Å². The summed E-state index contributed by atoms with van der Waals surface area (Å²) in [4.78, 5) is 12.7. The summed E-state index contributed by atoms with van der Waals surface area (Å²) in [6.07, 6.45) is 4.52. The molecule has 8 nitrogen and oxygen atoms in total. The molecule has 2 aliphatic rings. The van der Waals surface area contributed by atoms with Gasteiger partial charge in [0.15, 0.2) is 5.69 Å². The first-order valence-corrected chi connectivity index (χ1v) is 10.7. The molecule has 0 unspecified atom stereocenters. The van der Waals surface area contributed by atoms with Crippen molar-refractivity contribution in [1.29, 1.82) is 0 Å². The van der Waals surface area contributed by atoms with Crippen molar-refractivity contribution in [3.63, 3.8) is 0 Å². The van der Waals surface area contributed by atoms with Gasteiger partial charge in [-0.25, -0.2) is 8.42 Å². The molecule has 0 saturated carbocycles. The first-order valence-electron chi connectivity index (χ1n) is 9.05. The van der Waals surface area contributed by atoms with Gasteiger partial charge in [0.2, 0.25) is 10.0 Å². The Hall–Kier alpha value is -2.55. The number of aromatic amines is 1. The van der Waals surface area contributed by atoms with E-state index in [0.29, 0.717) is 35.8 Å². The zero-order valence-corrected chi connectivity index (χ0v) is 15.9. The van der Waals surface area contributed by atoms with Crippen LogP contribution in [0.15, 0.2) is 18.2 Å². The third kappa shape index (κ3) is 3.27. The Bertz CT molecular complexity index is 983. The lowest BCUT2D eigenvalue weighted by Gasteiger charge is -2.20. The van der Waals surface area contributed by atoms with Crippen LogP contribution in [0.5, 0.6) is 5.75 Å². The second-order valence-electron chi connectivity index (χ2n) is 6.82. The highest BCUT2D eigenvalue weighted by Crippen LogP contribution is 2.35. The van der Waals surface area contributed by atoms with Gasteiger partial charge in [0, 0.05) is 29.6 Å². The van der Waals surface area contributed by atoms with Crippen molar-refractivity contribution in [2.24, 2.45) is 0 Å². The third-order valence-electron chi connectivity index (χ3n) is 5.08. The molecule has 1 amide bonds. The Morgan fingerprint density at radius 2 is 2.07 bits per heavy atom. The zero-order valence-electron chi connectivity index (χ0n) is 15.1. The van der Waals surface area contributed by atoms with Crippen LogP contribution in [-0.4, -0.2) is 43.9 Å². The number of hydrogen-bond acceptors (Lipinski definition) is 5. The summed E-state index contributed by atoms with van der Waals surface area (Å²) in [6.45, 7) is 0.434. The molecule has 0 spiro atoms. The van der Waals surface area contributed by atoms with E-state index < -0.39 is 10.0 Å². The first-order chi connectivity index (χ1) is 13.0. The number of carbonyl (C=O) groups excluding carboxylic acids is 1. The Morgan fingerprint density at radius 1 is 1.26 bits per heavy atom. The van der Waals surface area contributed by atoms with Crippen LogP contribution in [0.25, 0.3) is 0 Å². The lowest BCUT2D eigenvalue weighted by atomic mass is 9.96. The van der Waals surface area contributed by atoms with Crippen LogP contribution in [0, 0.1) is 0 Å². The number of amides is 1. The monoisotopic (exact) mass is 390 g/mol. The van der Waals surface area contributed by atoms with Gasteiger partial charge in [-0.1, -0.05) is 0 Å². The predicted octanol–water partition coefficient (Wildman–Crippen LogP) is 2.09. The molecule has 1 saturated heterocycles. The number of hydrogen-bond donors (Lipinski definition) is 2. The van der Waals surface area contributed by atoms with E-state index in [4.69, 9.17) is 4.74 Å². The first kappa shape index (κ1) is 17.8. The molecular formula is C18H22N4O4S. The van der Waals surface area contributed by atoms with Gasteiger partial charge in [0.05, 0.1) is 18.6 Å². The average molecular weight is 390 g/mol. The number of methoxy groups -OCH3 is 1. The van der Waals surface area contributed by atoms with Crippen molar-refractivity contribution < 1.29 is 17.9 Å². The Kier molecular flexibility index (Phi) is 4.55. The number of aromatic nitrogens is 2. The van der Waals surface area contributed by atoms with Crippen molar-refractivity contribution in [2.75, 3.05) is 29.0 Å². The van der Waals surface area contributed by atoms with Crippen molar-refractivity contribution >= 4 is 27.3 Å². The van der Waals surface area contributed by atoms with Crippen molar-refractivity contribution in [3.8, 4) is 5.75 Å². The number of nitrogens with one attached hydrogen (secondary N) is 2. The minimum absolute atomic E-state index is 0.138. The summed E-state index contributed by atoms with van der Waals surface area (Å²) in [5.74, 6) is 0.263. The number of fused-ring (bicyclic) bond motifs is 1. The van der Waals surface area contributed by atoms with Crippen LogP contribution in [0.2, 0.25) is 0 Å². The van der Waals surface area contributed by atoms with Gasteiger partial charge >= 0.3 is 0 Å². The number of anilines is 2. The molecule has 2 heterocycles. The van der Waals surface area contributed by atoms with Gasteiger partial charge in [-0.15, -0.1) is 0 Å². The summed E-state index contributed by atoms with van der Waals surface area (Å²) in [5, 5.41) is 9.98. The van der Waals surface area contributed by atoms with Gasteiger partial charge in [0.25, 0.3) is 5.91 Å². The molecule has 9 heteroatoms. The smallest absolute Gasteiger partial charge is 0.276 e. The zero-order chi connectivity index (χ0) is 19.0. The van der Waals surface area contributed by atoms with E-state index in [0.717, 1.165) is 36.9 Å². The van der Waals surface area contributed by atoms with Crippen LogP contribution >= 0.6 is 0 Å². The summed E-state index contributed by atoms with van der Waals surface area (Å²) >= 11 is 0. The molecule has 1 aliphatic carbocycles. The number of rotatable bonds is 4. The third-order valence-corrected chi connectivity index (χ3v) is 6.93. The van der Waals surface area contributed by atoms with Crippen LogP contribution in [-0.2, 0) is 22.9 Å². The summed E-state index contributed by atoms with van der Waals surface area (Å²) in [7, 11) is -1.82. The molecule has 2 aromatic rings. The molecule has 1 aromatic heterocycles. The van der Waals surface area contributed by atoms with E-state index in [9.17, 15) is 13.2 Å². The maximum absolute atomic E-state index is 12.7. The van der Waals surface area contributed by atoms with Crippen molar-refractivity contribution in [3.05, 3.63) is 35.2 Å². The number of sulfonamides is 1. The standard InChI is InChI=1S/C18H22N4O4S/c1-26-16-11-12(7-8-15(16)22-9-4-10-27(22,24)25)19-18(23)17-13-5-2-3-6-14(13)20-21-17/h7-8,11H,2-6,9-10H2,1H3,(H,19,23)(H,20,21). The van der Waals surface area contributed by atoms with Gasteiger partial charge in [-0.2, -0.15) is 5.10 Å². The molecule has 1 aromatic carbocycles. The molecule has 2 N–H and O–H groups in total. The van der Waals surface area contributed by atoms with E-state index >= 15 is 0 Å². The maximum Gasteiger partial charge on any atom is 0.276 e. The topological polar surface area (TPSA) is 104 Å². The maximum atomic E-state index is 12.7. The average Bonchev–Trinajstić information content (AvgIpc) is 3.24. The Labute approximate surface area is 158 Å². The van der Waals surface area contributed by atoms with E-state index in [1.54, 1.807) is 18.2 Å². The van der Waals surface area contributed by atoms with Crippen LogP contribution in [0.4, 0.5) is 11.4 Å². The SMILES string of the molecule is COc1cc(NC(=O)c2n[nH]c3c2CCCC3)ccc1N1CCCS1(=O)=O. The van der Waals surface area contributed by atoms with E-state index in [-0.39, 0.29) is 11.7 Å². The fraction of sp³-hybridized carbons (Fsp3) is 0.444. The Balaban J connectivity index is 1.58. The lowest BCUT2D eigenvalue weighted by molar-refractivity contribution is 0.102. The number of ether oxygens (including phenoxy) is 1. The number of nitrogens with zero attached hydrogens (tertiary/aromatic N) is 2. The molecule has 0 atom stereocenters. The number of H-pyrrole nitrogens is 1. The van der Waals surface area contributed by atoms with Gasteiger partial charge in [-0.05, 0) is 44.2 Å². The molecule has 1 aliphatic heterocycles. The minimum Gasteiger partial charge on any atom is -0.494 e. The number of carbonyl (C=O) groups is 1. The fourth-order valence-corrected chi connectivity index (χ4v) is 5.30. The largest absolute Gasteiger partial charge is 0.494 e. The van der Waals surface area contributed by atoms with Crippen molar-refractivity contribution in [2.45, 2.75) is 32.1 Å². The highest BCUT2D eigenvalue weighted by molar-refractivity contribution is 7.93. The molecule has 27 heavy (non-hydrogen) atoms. The molecule has 1 fully saturated rings. The quantitative estimate of drug-likeness (QED) is 0.832. The lowest BCUT2D eigenvalue weighted by Crippen LogP contribution is -2.25. The van der Waals surface area contributed by atoms with Crippen LogP contribution < -0.4 is 14.4 Å². The Morgan fingerprint density at radius 3 is 2.81 bits per heavy atom. The molecule has 4 rings (SSSR count). The molecular weight excluding hydrogens is 368 g/mol. The molecule has 0 bridgehead atoms. The summed E-state index contributed by atoms with van der Waals surface area (Å²) < 4.78 is 31.1. The number of benzene rings is 1. The van der Waals surface area contributed by atoms with E-state index in [1.165, 1.54) is 11.4 Å². The normalized spacial score (nSPS) is 18.2. The highest BCUT2D eigenvalue weighted by Gasteiger charge is 2.30. The van der Waals surface area contributed by atoms with Gasteiger partial charge < -0.3 is 10.1 Å².